The van der Waals surface area contributed by atoms with Gasteiger partial charge in [-0.25, -0.2) is 18.6 Å². The number of nitrogens with zero attached hydrogens (tertiary/aromatic N) is 2. The first kappa shape index (κ1) is 12.8. The number of aromatic nitrogens is 1. The lowest BCUT2D eigenvalue weighted by Gasteiger charge is -2.08. The van der Waals surface area contributed by atoms with Crippen LogP contribution in [0.25, 0.3) is 0 Å². The number of alkyl halides is 2. The Morgan fingerprint density at radius 1 is 1.71 bits per heavy atom. The van der Waals surface area contributed by atoms with Crippen LogP contribution in [0.2, 0.25) is 0 Å². The van der Waals surface area contributed by atoms with Gasteiger partial charge in [-0.3, -0.25) is 0 Å². The Morgan fingerprint density at radius 3 is 2.82 bits per heavy atom. The molecule has 0 aliphatic carbocycles. The molecular formula is C10H9F2N3O2. The van der Waals surface area contributed by atoms with Crippen LogP contribution in [-0.2, 0) is 4.74 Å². The summed E-state index contributed by atoms with van der Waals surface area (Å²) in [6.07, 6.45) is -2.92. The Morgan fingerprint density at radius 2 is 2.35 bits per heavy atom. The largest absolute Gasteiger partial charge is 0.461 e. The first-order valence-corrected chi connectivity index (χ1v) is 4.67. The first-order valence-electron chi connectivity index (χ1n) is 4.67. The number of rotatable bonds is 3. The van der Waals surface area contributed by atoms with E-state index in [0.29, 0.717) is 0 Å². The molecule has 1 aromatic rings. The van der Waals surface area contributed by atoms with E-state index in [1.54, 1.807) is 6.92 Å². The first-order chi connectivity index (χ1) is 8.01. The quantitative estimate of drug-likeness (QED) is 0.812. The predicted molar refractivity (Wildman–Crippen MR) is 54.3 cm³/mol. The minimum atomic E-state index is -2.92. The van der Waals surface area contributed by atoms with Gasteiger partial charge >= 0.3 is 5.97 Å². The third kappa shape index (κ3) is 2.66. The number of carbonyl (C=O) groups excluding carboxylic acids is 1. The maximum absolute atomic E-state index is 12.6. The standard InChI is InChI=1S/C10H9F2N3O2/c1-2-17-10(16)6-3-5(14)8(9(11)12)7(4-13)15-6/h3,9H,2H2,1H3,(H2,14,15). The van der Waals surface area contributed by atoms with Gasteiger partial charge in [-0.15, -0.1) is 0 Å². The number of halogens is 2. The van der Waals surface area contributed by atoms with Gasteiger partial charge in [0.15, 0.2) is 11.4 Å². The van der Waals surface area contributed by atoms with Crippen LogP contribution in [0, 0.1) is 11.3 Å². The number of esters is 1. The van der Waals surface area contributed by atoms with Crippen molar-refractivity contribution in [3.63, 3.8) is 0 Å². The lowest BCUT2D eigenvalue weighted by atomic mass is 10.1. The number of pyridine rings is 1. The van der Waals surface area contributed by atoms with Crippen molar-refractivity contribution in [2.45, 2.75) is 13.3 Å². The van der Waals surface area contributed by atoms with Gasteiger partial charge < -0.3 is 10.5 Å². The molecule has 1 heterocycles. The fourth-order valence-electron chi connectivity index (χ4n) is 1.20. The van der Waals surface area contributed by atoms with E-state index < -0.39 is 23.7 Å². The van der Waals surface area contributed by atoms with Crippen molar-refractivity contribution in [1.29, 1.82) is 5.26 Å². The van der Waals surface area contributed by atoms with Crippen LogP contribution in [0.3, 0.4) is 0 Å². The van der Waals surface area contributed by atoms with Gasteiger partial charge in [-0.05, 0) is 13.0 Å². The minimum Gasteiger partial charge on any atom is -0.461 e. The van der Waals surface area contributed by atoms with Crippen molar-refractivity contribution in [3.8, 4) is 6.07 Å². The molecule has 0 aliphatic heterocycles. The molecule has 2 N–H and O–H groups in total. The van der Waals surface area contributed by atoms with Crippen molar-refractivity contribution in [2.24, 2.45) is 0 Å². The minimum absolute atomic E-state index is 0.110. The molecule has 90 valence electrons. The maximum atomic E-state index is 12.6. The highest BCUT2D eigenvalue weighted by atomic mass is 19.3. The molecule has 0 fully saturated rings. The number of hydrogen-bond donors (Lipinski definition) is 1. The van der Waals surface area contributed by atoms with Crippen molar-refractivity contribution in [1.82, 2.24) is 4.98 Å². The Labute approximate surface area is 95.8 Å². The second kappa shape index (κ2) is 5.21. The van der Waals surface area contributed by atoms with E-state index in [1.807, 2.05) is 0 Å². The van der Waals surface area contributed by atoms with Gasteiger partial charge in [0.05, 0.1) is 12.2 Å². The SMILES string of the molecule is CCOC(=O)c1cc(N)c(C(F)F)c(C#N)n1. The zero-order valence-electron chi connectivity index (χ0n) is 8.91. The van der Waals surface area contributed by atoms with Crippen LogP contribution in [-0.4, -0.2) is 17.6 Å². The van der Waals surface area contributed by atoms with Crippen LogP contribution >= 0.6 is 0 Å². The summed E-state index contributed by atoms with van der Waals surface area (Å²) in [5.41, 5.74) is 3.51. The van der Waals surface area contributed by atoms with E-state index >= 15 is 0 Å². The lowest BCUT2D eigenvalue weighted by molar-refractivity contribution is 0.0519. The fourth-order valence-corrected chi connectivity index (χ4v) is 1.20. The van der Waals surface area contributed by atoms with E-state index in [-0.39, 0.29) is 18.0 Å². The number of hydrogen-bond acceptors (Lipinski definition) is 5. The number of carbonyl (C=O) groups is 1. The van der Waals surface area contributed by atoms with E-state index in [0.717, 1.165) is 6.07 Å². The van der Waals surface area contributed by atoms with Gasteiger partial charge in [-0.1, -0.05) is 0 Å². The second-order valence-electron chi connectivity index (χ2n) is 2.99. The molecule has 0 aliphatic rings. The average molecular weight is 241 g/mol. The number of nitriles is 1. The molecule has 0 saturated carbocycles. The highest BCUT2D eigenvalue weighted by molar-refractivity contribution is 5.88. The fraction of sp³-hybridized carbons (Fsp3) is 0.300. The van der Waals surface area contributed by atoms with Crippen LogP contribution in [0.4, 0.5) is 14.5 Å². The third-order valence-corrected chi connectivity index (χ3v) is 1.90. The summed E-state index contributed by atoms with van der Waals surface area (Å²) in [5, 5.41) is 8.67. The maximum Gasteiger partial charge on any atom is 0.357 e. The highest BCUT2D eigenvalue weighted by Crippen LogP contribution is 2.28. The molecule has 1 rings (SSSR count). The Balaban J connectivity index is 3.28. The number of nitrogen functional groups attached to an aromatic ring is 1. The van der Waals surface area contributed by atoms with Gasteiger partial charge in [0, 0.05) is 5.69 Å². The Bertz CT molecular complexity index is 483. The van der Waals surface area contributed by atoms with Crippen LogP contribution < -0.4 is 5.73 Å². The van der Waals surface area contributed by atoms with Crippen molar-refractivity contribution in [2.75, 3.05) is 12.3 Å². The second-order valence-corrected chi connectivity index (χ2v) is 2.99. The number of anilines is 1. The highest BCUT2D eigenvalue weighted by Gasteiger charge is 2.21. The number of nitrogens with two attached hydrogens (primary N) is 1. The predicted octanol–water partition coefficient (Wildman–Crippen LogP) is 1.65. The monoisotopic (exact) mass is 241 g/mol. The summed E-state index contributed by atoms with van der Waals surface area (Å²) in [5.74, 6) is -0.809. The van der Waals surface area contributed by atoms with E-state index in [2.05, 4.69) is 9.72 Å². The molecular weight excluding hydrogens is 232 g/mol. The topological polar surface area (TPSA) is 89.0 Å². The van der Waals surface area contributed by atoms with Crippen molar-refractivity contribution >= 4 is 11.7 Å². The molecule has 0 aromatic carbocycles. The number of ether oxygens (including phenoxy) is 1. The van der Waals surface area contributed by atoms with Gasteiger partial charge in [0.1, 0.15) is 6.07 Å². The molecule has 0 unspecified atom stereocenters. The molecule has 0 saturated heterocycles. The van der Waals surface area contributed by atoms with Crippen LogP contribution in [0.1, 0.15) is 35.1 Å². The summed E-state index contributed by atoms with van der Waals surface area (Å²) >= 11 is 0. The van der Waals surface area contributed by atoms with Crippen LogP contribution in [0.15, 0.2) is 6.07 Å². The molecule has 5 nitrogen and oxygen atoms in total. The molecule has 0 amide bonds. The smallest absolute Gasteiger partial charge is 0.357 e. The molecule has 0 radical (unpaired) electrons. The van der Waals surface area contributed by atoms with Crippen LogP contribution in [0.5, 0.6) is 0 Å². The summed E-state index contributed by atoms with van der Waals surface area (Å²) < 4.78 is 29.8. The zero-order chi connectivity index (χ0) is 13.0. The normalized spacial score (nSPS) is 10.1. The van der Waals surface area contributed by atoms with Crippen molar-refractivity contribution in [3.05, 3.63) is 23.0 Å². The molecule has 7 heteroatoms. The molecule has 1 aromatic heterocycles. The molecule has 0 bridgehead atoms. The lowest BCUT2D eigenvalue weighted by Crippen LogP contribution is -2.11. The Hall–Kier alpha value is -2.23. The summed E-state index contributed by atoms with van der Waals surface area (Å²) in [7, 11) is 0. The van der Waals surface area contributed by atoms with Crippen molar-refractivity contribution < 1.29 is 18.3 Å². The zero-order valence-corrected chi connectivity index (χ0v) is 8.91. The van der Waals surface area contributed by atoms with E-state index in [9.17, 15) is 13.6 Å². The van der Waals surface area contributed by atoms with Gasteiger partial charge in [0.2, 0.25) is 0 Å². The summed E-state index contributed by atoms with van der Waals surface area (Å²) in [4.78, 5) is 14.8. The van der Waals surface area contributed by atoms with E-state index in [4.69, 9.17) is 11.0 Å². The molecule has 17 heavy (non-hydrogen) atoms. The molecule has 0 spiro atoms. The Kier molecular flexibility index (Phi) is 3.93. The van der Waals surface area contributed by atoms with E-state index in [1.165, 1.54) is 6.07 Å². The molecule has 0 atom stereocenters. The van der Waals surface area contributed by atoms with Gasteiger partial charge in [0.25, 0.3) is 6.43 Å². The summed E-state index contributed by atoms with van der Waals surface area (Å²) in [6, 6.07) is 2.45. The third-order valence-electron chi connectivity index (χ3n) is 1.90. The summed E-state index contributed by atoms with van der Waals surface area (Å²) in [6.45, 7) is 1.69. The van der Waals surface area contributed by atoms with Gasteiger partial charge in [-0.2, -0.15) is 5.26 Å². The average Bonchev–Trinajstić information content (AvgIpc) is 2.27.